The van der Waals surface area contributed by atoms with Crippen molar-refractivity contribution in [2.24, 2.45) is 0 Å². The van der Waals surface area contributed by atoms with E-state index in [1.54, 1.807) is 36.4 Å². The molecule has 1 aliphatic rings. The van der Waals surface area contributed by atoms with Crippen molar-refractivity contribution in [3.63, 3.8) is 0 Å². The predicted molar refractivity (Wildman–Crippen MR) is 97.1 cm³/mol. The Bertz CT molecular complexity index is 814. The number of rotatable bonds is 6. The van der Waals surface area contributed by atoms with Gasteiger partial charge in [0.05, 0.1) is 0 Å². The number of carbonyl (C=O) groups excluding carboxylic acids is 3. The Labute approximate surface area is 152 Å². The first-order valence-corrected chi connectivity index (χ1v) is 8.77. The van der Waals surface area contributed by atoms with E-state index in [2.05, 4.69) is 5.32 Å². The fraction of sp³-hybridized carbons (Fsp3) is 0.286. The Kier molecular flexibility index (Phi) is 5.79. The summed E-state index contributed by atoms with van der Waals surface area (Å²) in [7, 11) is 0. The molecule has 0 aromatic heterocycles. The number of nitrogens with one attached hydrogen (secondary N) is 1. The van der Waals surface area contributed by atoms with Gasteiger partial charge in [-0.3, -0.25) is 14.4 Å². The molecule has 134 valence electrons. The molecule has 0 saturated carbocycles. The van der Waals surface area contributed by atoms with Crippen LogP contribution in [-0.4, -0.2) is 30.8 Å². The van der Waals surface area contributed by atoms with Crippen LogP contribution in [0, 0.1) is 0 Å². The molecule has 3 rings (SSSR count). The number of aryl methyl sites for hydroxylation is 2. The lowest BCUT2D eigenvalue weighted by molar-refractivity contribution is -0.141. The smallest absolute Gasteiger partial charge is 0.325 e. The highest BCUT2D eigenvalue weighted by atomic mass is 16.5. The Morgan fingerprint density at radius 3 is 2.38 bits per heavy atom. The van der Waals surface area contributed by atoms with E-state index in [1.165, 1.54) is 17.5 Å². The second-order valence-corrected chi connectivity index (χ2v) is 6.32. The van der Waals surface area contributed by atoms with E-state index in [9.17, 15) is 14.4 Å². The molecule has 0 spiro atoms. The van der Waals surface area contributed by atoms with Gasteiger partial charge in [0.15, 0.2) is 12.4 Å². The molecule has 2 aromatic rings. The highest BCUT2D eigenvalue weighted by Crippen LogP contribution is 2.22. The van der Waals surface area contributed by atoms with Gasteiger partial charge < -0.3 is 10.1 Å². The fourth-order valence-corrected chi connectivity index (χ4v) is 3.03. The third kappa shape index (κ3) is 4.57. The zero-order chi connectivity index (χ0) is 18.4. The fourth-order valence-electron chi connectivity index (χ4n) is 3.03. The van der Waals surface area contributed by atoms with Gasteiger partial charge in [-0.25, -0.2) is 0 Å². The maximum absolute atomic E-state index is 12.2. The van der Waals surface area contributed by atoms with Gasteiger partial charge in [0.25, 0.3) is 5.91 Å². The van der Waals surface area contributed by atoms with Crippen molar-refractivity contribution in [2.45, 2.75) is 25.7 Å². The van der Waals surface area contributed by atoms with Crippen molar-refractivity contribution < 1.29 is 19.1 Å². The first kappa shape index (κ1) is 17.9. The molecule has 0 bridgehead atoms. The predicted octanol–water partition coefficient (Wildman–Crippen LogP) is 2.72. The molecule has 0 aliphatic heterocycles. The van der Waals surface area contributed by atoms with E-state index in [1.807, 2.05) is 12.1 Å². The van der Waals surface area contributed by atoms with Crippen molar-refractivity contribution in [1.82, 2.24) is 5.32 Å². The molecule has 0 saturated heterocycles. The lowest BCUT2D eigenvalue weighted by atomic mass is 9.90. The van der Waals surface area contributed by atoms with E-state index in [0.717, 1.165) is 19.3 Å². The van der Waals surface area contributed by atoms with Crippen LogP contribution >= 0.6 is 0 Å². The van der Waals surface area contributed by atoms with Gasteiger partial charge in [0.2, 0.25) is 0 Å². The first-order valence-electron chi connectivity index (χ1n) is 8.77. The van der Waals surface area contributed by atoms with Gasteiger partial charge in [0.1, 0.15) is 6.54 Å². The van der Waals surface area contributed by atoms with E-state index in [0.29, 0.717) is 11.1 Å². The van der Waals surface area contributed by atoms with Gasteiger partial charge >= 0.3 is 5.97 Å². The van der Waals surface area contributed by atoms with Crippen LogP contribution in [-0.2, 0) is 22.4 Å². The number of hydrogen-bond donors (Lipinski definition) is 1. The molecule has 0 radical (unpaired) electrons. The van der Waals surface area contributed by atoms with Crippen LogP contribution in [0.25, 0.3) is 0 Å². The van der Waals surface area contributed by atoms with Gasteiger partial charge in [-0.1, -0.05) is 30.3 Å². The molecule has 0 heterocycles. The average Bonchev–Trinajstić information content (AvgIpc) is 2.70. The molecule has 0 atom stereocenters. The number of fused-ring (bicyclic) bond motifs is 1. The van der Waals surface area contributed by atoms with E-state index >= 15 is 0 Å². The highest BCUT2D eigenvalue weighted by Gasteiger charge is 2.15. The van der Waals surface area contributed by atoms with Crippen LogP contribution in [0.5, 0.6) is 0 Å². The SMILES string of the molecule is O=C(CNC(=O)c1ccccc1)OCC(=O)c1ccc2c(c1)CCCC2. The van der Waals surface area contributed by atoms with E-state index < -0.39 is 5.97 Å². The van der Waals surface area contributed by atoms with E-state index in [-0.39, 0.29) is 24.8 Å². The van der Waals surface area contributed by atoms with Gasteiger partial charge in [0, 0.05) is 11.1 Å². The third-order valence-electron chi connectivity index (χ3n) is 4.46. The minimum atomic E-state index is -0.638. The van der Waals surface area contributed by atoms with Gasteiger partial charge in [-0.2, -0.15) is 0 Å². The Hall–Kier alpha value is -2.95. The number of carbonyl (C=O) groups is 3. The topological polar surface area (TPSA) is 72.5 Å². The van der Waals surface area contributed by atoms with E-state index in [4.69, 9.17) is 4.74 Å². The second-order valence-electron chi connectivity index (χ2n) is 6.32. The lowest BCUT2D eigenvalue weighted by Crippen LogP contribution is -2.31. The van der Waals surface area contributed by atoms with Crippen molar-refractivity contribution in [3.05, 3.63) is 70.8 Å². The minimum absolute atomic E-state index is 0.235. The van der Waals surface area contributed by atoms with Gasteiger partial charge in [-0.05, 0) is 55.0 Å². The summed E-state index contributed by atoms with van der Waals surface area (Å²) < 4.78 is 4.99. The number of hydrogen-bond acceptors (Lipinski definition) is 4. The zero-order valence-electron chi connectivity index (χ0n) is 14.5. The molecular weight excluding hydrogens is 330 g/mol. The second kappa shape index (κ2) is 8.43. The molecule has 26 heavy (non-hydrogen) atoms. The number of Topliss-reactive ketones (excluding diaryl/α,β-unsaturated/α-hetero) is 1. The molecular formula is C21H21NO4. The number of ketones is 1. The molecule has 2 aromatic carbocycles. The number of amides is 1. The summed E-state index contributed by atoms with van der Waals surface area (Å²) in [6.45, 7) is -0.593. The van der Waals surface area contributed by atoms with Crippen molar-refractivity contribution in [2.75, 3.05) is 13.2 Å². The molecule has 0 fully saturated rings. The summed E-state index contributed by atoms with van der Waals surface area (Å²) in [4.78, 5) is 35.8. The Morgan fingerprint density at radius 1 is 0.885 bits per heavy atom. The maximum atomic E-state index is 12.2. The summed E-state index contributed by atoms with van der Waals surface area (Å²) in [6, 6.07) is 14.3. The van der Waals surface area contributed by atoms with Crippen molar-refractivity contribution in [1.29, 1.82) is 0 Å². The number of benzene rings is 2. The van der Waals surface area contributed by atoms with Gasteiger partial charge in [-0.15, -0.1) is 0 Å². The van der Waals surface area contributed by atoms with Crippen LogP contribution in [0.3, 0.4) is 0 Å². The Balaban J connectivity index is 1.47. The molecule has 1 amide bonds. The summed E-state index contributed by atoms with van der Waals surface area (Å²) in [5, 5.41) is 2.48. The standard InChI is InChI=1S/C21H21NO4/c23-19(18-11-10-15-6-4-5-9-17(15)12-18)14-26-20(24)13-22-21(25)16-7-2-1-3-8-16/h1-3,7-8,10-12H,4-6,9,13-14H2,(H,22,25). The number of esters is 1. The summed E-state index contributed by atoms with van der Waals surface area (Å²) in [5.41, 5.74) is 3.54. The Morgan fingerprint density at radius 2 is 1.62 bits per heavy atom. The van der Waals surface area contributed by atoms with Crippen molar-refractivity contribution in [3.8, 4) is 0 Å². The molecule has 5 nitrogen and oxygen atoms in total. The quantitative estimate of drug-likeness (QED) is 0.642. The molecule has 1 aliphatic carbocycles. The normalized spacial score (nSPS) is 12.8. The molecule has 0 unspecified atom stereocenters. The highest BCUT2D eigenvalue weighted by molar-refractivity contribution is 5.99. The average molecular weight is 351 g/mol. The third-order valence-corrected chi connectivity index (χ3v) is 4.46. The van der Waals surface area contributed by atoms with Crippen LogP contribution in [0.1, 0.15) is 44.7 Å². The summed E-state index contributed by atoms with van der Waals surface area (Å²) in [6.07, 6.45) is 4.37. The molecule has 5 heteroatoms. The monoisotopic (exact) mass is 351 g/mol. The zero-order valence-corrected chi connectivity index (χ0v) is 14.5. The largest absolute Gasteiger partial charge is 0.456 e. The summed E-state index contributed by atoms with van der Waals surface area (Å²) in [5.74, 6) is -1.23. The van der Waals surface area contributed by atoms with Crippen LogP contribution < -0.4 is 5.32 Å². The lowest BCUT2D eigenvalue weighted by Gasteiger charge is -2.16. The van der Waals surface area contributed by atoms with Crippen LogP contribution in [0.15, 0.2) is 48.5 Å². The van der Waals surface area contributed by atoms with Crippen LogP contribution in [0.2, 0.25) is 0 Å². The van der Waals surface area contributed by atoms with Crippen molar-refractivity contribution >= 4 is 17.7 Å². The first-order chi connectivity index (χ1) is 12.6. The van der Waals surface area contributed by atoms with Crippen LogP contribution in [0.4, 0.5) is 0 Å². The minimum Gasteiger partial charge on any atom is -0.456 e. The maximum Gasteiger partial charge on any atom is 0.325 e. The molecule has 1 N–H and O–H groups in total. The number of ether oxygens (including phenoxy) is 1. The summed E-state index contributed by atoms with van der Waals surface area (Å²) >= 11 is 0.